The average molecular weight is 360 g/mol. The van der Waals surface area contributed by atoms with E-state index >= 15 is 0 Å². The predicted molar refractivity (Wildman–Crippen MR) is 104 cm³/mol. The minimum absolute atomic E-state index is 0.308. The fraction of sp³-hybridized carbons (Fsp3) is 0.0909. The Morgan fingerprint density at radius 3 is 2.59 bits per heavy atom. The molecule has 0 saturated carbocycles. The lowest BCUT2D eigenvalue weighted by Gasteiger charge is -2.09. The Kier molecular flexibility index (Phi) is 4.12. The van der Waals surface area contributed by atoms with Gasteiger partial charge in [-0.05, 0) is 36.8 Å². The first-order chi connectivity index (χ1) is 13.0. The Hall–Kier alpha value is -3.60. The fourth-order valence-electron chi connectivity index (χ4n) is 2.91. The number of para-hydroxylation sites is 1. The second kappa shape index (κ2) is 6.61. The molecular formula is C22H16O5. The van der Waals surface area contributed by atoms with Gasteiger partial charge in [-0.3, -0.25) is 0 Å². The molecule has 2 aromatic heterocycles. The van der Waals surface area contributed by atoms with Crippen molar-refractivity contribution in [3.63, 3.8) is 0 Å². The summed E-state index contributed by atoms with van der Waals surface area (Å²) in [6.45, 7) is 6.02. The zero-order valence-corrected chi connectivity index (χ0v) is 14.7. The zero-order chi connectivity index (χ0) is 19.0. The predicted octanol–water partition coefficient (Wildman–Crippen LogP) is 4.52. The van der Waals surface area contributed by atoms with E-state index in [1.165, 1.54) is 6.07 Å². The molecule has 0 unspecified atom stereocenters. The lowest BCUT2D eigenvalue weighted by molar-refractivity contribution is 0.352. The van der Waals surface area contributed by atoms with E-state index in [0.29, 0.717) is 40.0 Å². The van der Waals surface area contributed by atoms with Crippen LogP contribution in [0.4, 0.5) is 0 Å². The maximum Gasteiger partial charge on any atom is 0.344 e. The quantitative estimate of drug-likeness (QED) is 0.395. The van der Waals surface area contributed by atoms with Crippen molar-refractivity contribution in [1.82, 2.24) is 0 Å². The van der Waals surface area contributed by atoms with E-state index in [2.05, 4.69) is 6.58 Å². The van der Waals surface area contributed by atoms with Gasteiger partial charge in [-0.15, -0.1) is 0 Å². The third-order valence-corrected chi connectivity index (χ3v) is 4.13. The van der Waals surface area contributed by atoms with Crippen molar-refractivity contribution in [2.45, 2.75) is 6.92 Å². The summed E-state index contributed by atoms with van der Waals surface area (Å²) in [6, 6.07) is 15.4. The maximum atomic E-state index is 12.5. The van der Waals surface area contributed by atoms with Crippen molar-refractivity contribution >= 4 is 21.9 Å². The van der Waals surface area contributed by atoms with Crippen molar-refractivity contribution in [3.05, 3.63) is 87.6 Å². The molecule has 0 N–H and O–H groups in total. The van der Waals surface area contributed by atoms with Crippen molar-refractivity contribution in [2.75, 3.05) is 6.61 Å². The summed E-state index contributed by atoms with van der Waals surface area (Å²) in [5.41, 5.74) is 1.41. The van der Waals surface area contributed by atoms with Gasteiger partial charge in [0.1, 0.15) is 23.5 Å². The summed E-state index contributed by atoms with van der Waals surface area (Å²) < 4.78 is 16.3. The van der Waals surface area contributed by atoms with Crippen LogP contribution in [-0.2, 0) is 0 Å². The number of fused-ring (bicyclic) bond motifs is 2. The SMILES string of the molecule is C=C(C)COc1ccc2c(-c3cc4ccccc4oc3=O)cc(=O)oc2c1. The molecule has 0 saturated heterocycles. The van der Waals surface area contributed by atoms with Crippen LogP contribution in [0.2, 0.25) is 0 Å². The second-order valence-electron chi connectivity index (χ2n) is 6.37. The molecule has 0 bridgehead atoms. The summed E-state index contributed by atoms with van der Waals surface area (Å²) >= 11 is 0. The monoisotopic (exact) mass is 360 g/mol. The molecule has 0 aliphatic rings. The van der Waals surface area contributed by atoms with Gasteiger partial charge < -0.3 is 13.6 Å². The van der Waals surface area contributed by atoms with Crippen LogP contribution in [0.25, 0.3) is 33.1 Å². The Morgan fingerprint density at radius 1 is 0.963 bits per heavy atom. The summed E-state index contributed by atoms with van der Waals surface area (Å²) in [6.07, 6.45) is 0. The minimum Gasteiger partial charge on any atom is -0.489 e. The van der Waals surface area contributed by atoms with Crippen LogP contribution in [0.15, 0.2) is 85.2 Å². The Labute approximate surface area is 154 Å². The van der Waals surface area contributed by atoms with Gasteiger partial charge in [0.2, 0.25) is 0 Å². The molecule has 0 radical (unpaired) electrons. The number of rotatable bonds is 4. The van der Waals surface area contributed by atoms with Crippen molar-refractivity contribution in [2.24, 2.45) is 0 Å². The molecule has 5 nitrogen and oxygen atoms in total. The highest BCUT2D eigenvalue weighted by atomic mass is 16.5. The van der Waals surface area contributed by atoms with Crippen LogP contribution in [0.3, 0.4) is 0 Å². The molecular weight excluding hydrogens is 344 g/mol. The van der Waals surface area contributed by atoms with Crippen LogP contribution < -0.4 is 16.0 Å². The van der Waals surface area contributed by atoms with E-state index < -0.39 is 11.3 Å². The first-order valence-corrected chi connectivity index (χ1v) is 8.39. The molecule has 0 atom stereocenters. The third-order valence-electron chi connectivity index (χ3n) is 4.13. The molecule has 4 aromatic rings. The second-order valence-corrected chi connectivity index (χ2v) is 6.37. The highest BCUT2D eigenvalue weighted by molar-refractivity contribution is 5.95. The van der Waals surface area contributed by atoms with Gasteiger partial charge in [-0.2, -0.15) is 0 Å². The van der Waals surface area contributed by atoms with Gasteiger partial charge in [0.05, 0.1) is 5.56 Å². The summed E-state index contributed by atoms with van der Waals surface area (Å²) in [7, 11) is 0. The molecule has 0 amide bonds. The van der Waals surface area contributed by atoms with Crippen molar-refractivity contribution in [3.8, 4) is 16.9 Å². The van der Waals surface area contributed by atoms with E-state index in [9.17, 15) is 9.59 Å². The fourth-order valence-corrected chi connectivity index (χ4v) is 2.91. The van der Waals surface area contributed by atoms with Gasteiger partial charge >= 0.3 is 11.3 Å². The first-order valence-electron chi connectivity index (χ1n) is 8.39. The number of hydrogen-bond acceptors (Lipinski definition) is 5. The molecule has 0 aliphatic heterocycles. The molecule has 0 spiro atoms. The van der Waals surface area contributed by atoms with Crippen LogP contribution in [0, 0.1) is 0 Å². The summed E-state index contributed by atoms with van der Waals surface area (Å²) in [5, 5.41) is 1.40. The lowest BCUT2D eigenvalue weighted by atomic mass is 10.0. The number of ether oxygens (including phenoxy) is 1. The summed E-state index contributed by atoms with van der Waals surface area (Å²) in [5.74, 6) is 0.552. The normalized spacial score (nSPS) is 11.0. The molecule has 4 rings (SSSR count). The van der Waals surface area contributed by atoms with Gasteiger partial charge in [-0.25, -0.2) is 9.59 Å². The van der Waals surface area contributed by atoms with E-state index in [1.54, 1.807) is 36.4 Å². The van der Waals surface area contributed by atoms with Gasteiger partial charge in [0.15, 0.2) is 0 Å². The van der Waals surface area contributed by atoms with Gasteiger partial charge in [0, 0.05) is 28.5 Å². The van der Waals surface area contributed by atoms with Crippen LogP contribution in [0.1, 0.15) is 6.92 Å². The summed E-state index contributed by atoms with van der Waals surface area (Å²) in [4.78, 5) is 24.6. The molecule has 134 valence electrons. The minimum atomic E-state index is -0.554. The van der Waals surface area contributed by atoms with Gasteiger partial charge in [-0.1, -0.05) is 24.8 Å². The molecule has 0 aliphatic carbocycles. The van der Waals surface area contributed by atoms with E-state index in [4.69, 9.17) is 13.6 Å². The Balaban J connectivity index is 1.91. The molecule has 2 heterocycles. The maximum absolute atomic E-state index is 12.5. The molecule has 0 fully saturated rings. The van der Waals surface area contributed by atoms with E-state index in [-0.39, 0.29) is 0 Å². The smallest absolute Gasteiger partial charge is 0.344 e. The van der Waals surface area contributed by atoms with Crippen molar-refractivity contribution < 1.29 is 13.6 Å². The number of hydrogen-bond donors (Lipinski definition) is 0. The lowest BCUT2D eigenvalue weighted by Crippen LogP contribution is -2.06. The highest BCUT2D eigenvalue weighted by Crippen LogP contribution is 2.29. The topological polar surface area (TPSA) is 69.7 Å². The van der Waals surface area contributed by atoms with E-state index in [0.717, 1.165) is 11.0 Å². The van der Waals surface area contributed by atoms with Gasteiger partial charge in [0.25, 0.3) is 0 Å². The van der Waals surface area contributed by atoms with Crippen LogP contribution in [0.5, 0.6) is 5.75 Å². The molecule has 2 aromatic carbocycles. The Morgan fingerprint density at radius 2 is 1.78 bits per heavy atom. The van der Waals surface area contributed by atoms with E-state index in [1.807, 2.05) is 19.1 Å². The molecule has 27 heavy (non-hydrogen) atoms. The van der Waals surface area contributed by atoms with Crippen molar-refractivity contribution in [1.29, 1.82) is 0 Å². The first kappa shape index (κ1) is 16.8. The Bertz CT molecular complexity index is 1290. The number of benzene rings is 2. The highest BCUT2D eigenvalue weighted by Gasteiger charge is 2.14. The van der Waals surface area contributed by atoms with Crippen LogP contribution in [-0.4, -0.2) is 6.61 Å². The van der Waals surface area contributed by atoms with Crippen LogP contribution >= 0.6 is 0 Å². The largest absolute Gasteiger partial charge is 0.489 e. The third kappa shape index (κ3) is 3.27. The standard InChI is InChI=1S/C22H16O5/c1-13(2)12-25-15-7-8-16-17(11-21(23)26-20(16)10-15)18-9-14-5-3-4-6-19(14)27-22(18)24/h3-11H,1,12H2,2H3. The molecule has 5 heteroatoms. The zero-order valence-electron chi connectivity index (χ0n) is 14.7. The average Bonchev–Trinajstić information content (AvgIpc) is 2.64.